The van der Waals surface area contributed by atoms with E-state index in [9.17, 15) is 5.11 Å². The van der Waals surface area contributed by atoms with Crippen LogP contribution >= 0.6 is 0 Å². The van der Waals surface area contributed by atoms with Crippen LogP contribution in [0, 0.1) is 5.92 Å². The maximum absolute atomic E-state index is 10.5. The van der Waals surface area contributed by atoms with Crippen LogP contribution in [0.25, 0.3) is 0 Å². The first-order valence-corrected chi connectivity index (χ1v) is 7.48. The number of hydrogen-bond donors (Lipinski definition) is 2. The Morgan fingerprint density at radius 3 is 2.37 bits per heavy atom. The summed E-state index contributed by atoms with van der Waals surface area (Å²) in [5.74, 6) is 0.651. The van der Waals surface area contributed by atoms with Gasteiger partial charge in [0, 0.05) is 0 Å². The van der Waals surface area contributed by atoms with Crippen LogP contribution in [0.2, 0.25) is 0 Å². The molecule has 0 saturated carbocycles. The molecule has 0 heterocycles. The molecule has 19 heavy (non-hydrogen) atoms. The number of aryl methyl sites for hydroxylation is 1. The van der Waals surface area contributed by atoms with Gasteiger partial charge in [-0.05, 0) is 49.9 Å². The third-order valence-electron chi connectivity index (χ3n) is 3.46. The van der Waals surface area contributed by atoms with Crippen molar-refractivity contribution in [2.45, 2.75) is 52.6 Å². The summed E-state index contributed by atoms with van der Waals surface area (Å²) in [4.78, 5) is 0. The highest BCUT2D eigenvalue weighted by molar-refractivity contribution is 5.26. The third kappa shape index (κ3) is 5.75. The molecule has 0 bridgehead atoms. The number of benzene rings is 1. The fourth-order valence-corrected chi connectivity index (χ4v) is 2.19. The Bertz CT molecular complexity index is 354. The van der Waals surface area contributed by atoms with E-state index in [2.05, 4.69) is 50.4 Å². The Kier molecular flexibility index (Phi) is 6.53. The van der Waals surface area contributed by atoms with Gasteiger partial charge in [0.1, 0.15) is 0 Å². The van der Waals surface area contributed by atoms with Crippen molar-refractivity contribution in [1.29, 1.82) is 0 Å². The van der Waals surface area contributed by atoms with E-state index in [1.807, 2.05) is 6.92 Å². The minimum atomic E-state index is -0.741. The van der Waals surface area contributed by atoms with E-state index < -0.39 is 5.60 Å². The lowest BCUT2D eigenvalue weighted by Gasteiger charge is -2.24. The zero-order valence-electron chi connectivity index (χ0n) is 12.9. The van der Waals surface area contributed by atoms with E-state index in [0.717, 1.165) is 37.9 Å². The van der Waals surface area contributed by atoms with E-state index in [4.69, 9.17) is 0 Å². The summed E-state index contributed by atoms with van der Waals surface area (Å²) in [7, 11) is 0. The largest absolute Gasteiger partial charge is 0.385 e. The molecule has 2 N–H and O–H groups in total. The summed E-state index contributed by atoms with van der Waals surface area (Å²) in [6, 6.07) is 8.39. The van der Waals surface area contributed by atoms with Crippen molar-refractivity contribution >= 4 is 0 Å². The minimum absolute atomic E-state index is 0.651. The molecular formula is C17H29NO. The quantitative estimate of drug-likeness (QED) is 0.704. The van der Waals surface area contributed by atoms with Crippen LogP contribution in [-0.4, -0.2) is 18.2 Å². The molecule has 2 heteroatoms. The van der Waals surface area contributed by atoms with Crippen molar-refractivity contribution in [2.24, 2.45) is 5.92 Å². The summed E-state index contributed by atoms with van der Waals surface area (Å²) in [5.41, 5.74) is 1.62. The van der Waals surface area contributed by atoms with Gasteiger partial charge in [0.05, 0.1) is 5.60 Å². The molecule has 0 aliphatic carbocycles. The van der Waals surface area contributed by atoms with E-state index in [0.29, 0.717) is 5.92 Å². The Balaban J connectivity index is 2.51. The van der Waals surface area contributed by atoms with Gasteiger partial charge in [-0.2, -0.15) is 0 Å². The molecule has 1 aromatic carbocycles. The van der Waals surface area contributed by atoms with Crippen molar-refractivity contribution in [3.63, 3.8) is 0 Å². The van der Waals surface area contributed by atoms with Crippen LogP contribution < -0.4 is 5.32 Å². The fraction of sp³-hybridized carbons (Fsp3) is 0.647. The molecule has 1 rings (SSSR count). The van der Waals surface area contributed by atoms with Crippen LogP contribution in [0.1, 0.15) is 51.7 Å². The summed E-state index contributed by atoms with van der Waals surface area (Å²) < 4.78 is 0. The van der Waals surface area contributed by atoms with Gasteiger partial charge in [-0.3, -0.25) is 0 Å². The molecule has 0 aliphatic heterocycles. The Morgan fingerprint density at radius 1 is 1.21 bits per heavy atom. The Labute approximate surface area is 118 Å². The highest BCUT2D eigenvalue weighted by Crippen LogP contribution is 2.24. The SMILES string of the molecule is CCCc1ccc(C(C)(O)CCNCC(C)C)cc1. The Morgan fingerprint density at radius 2 is 1.84 bits per heavy atom. The van der Waals surface area contributed by atoms with Crippen molar-refractivity contribution in [1.82, 2.24) is 5.32 Å². The second-order valence-electron chi connectivity index (χ2n) is 6.07. The number of aliphatic hydroxyl groups is 1. The highest BCUT2D eigenvalue weighted by atomic mass is 16.3. The first-order valence-electron chi connectivity index (χ1n) is 7.48. The number of rotatable bonds is 8. The first-order chi connectivity index (χ1) is 8.95. The normalized spacial score (nSPS) is 14.6. The Hall–Kier alpha value is -0.860. The highest BCUT2D eigenvalue weighted by Gasteiger charge is 2.22. The number of hydrogen-bond acceptors (Lipinski definition) is 2. The van der Waals surface area contributed by atoms with Gasteiger partial charge in [0.25, 0.3) is 0 Å². The summed E-state index contributed by atoms with van der Waals surface area (Å²) in [6.07, 6.45) is 3.01. The van der Waals surface area contributed by atoms with Gasteiger partial charge in [-0.1, -0.05) is 51.5 Å². The van der Waals surface area contributed by atoms with Gasteiger partial charge in [0.2, 0.25) is 0 Å². The summed E-state index contributed by atoms with van der Waals surface area (Å²) in [5, 5.41) is 13.9. The van der Waals surface area contributed by atoms with Gasteiger partial charge in [-0.25, -0.2) is 0 Å². The zero-order chi connectivity index (χ0) is 14.3. The molecule has 0 spiro atoms. The predicted octanol–water partition coefficient (Wildman–Crippen LogP) is 3.48. The average Bonchev–Trinajstić information content (AvgIpc) is 2.36. The molecule has 108 valence electrons. The van der Waals surface area contributed by atoms with E-state index in [1.165, 1.54) is 5.56 Å². The van der Waals surface area contributed by atoms with Gasteiger partial charge in [0.15, 0.2) is 0 Å². The second kappa shape index (κ2) is 7.66. The van der Waals surface area contributed by atoms with Gasteiger partial charge < -0.3 is 10.4 Å². The molecule has 1 unspecified atom stereocenters. The van der Waals surface area contributed by atoms with Crippen molar-refractivity contribution in [2.75, 3.05) is 13.1 Å². The molecule has 0 amide bonds. The molecule has 0 saturated heterocycles. The molecule has 0 fully saturated rings. The van der Waals surface area contributed by atoms with Gasteiger partial charge in [-0.15, -0.1) is 0 Å². The minimum Gasteiger partial charge on any atom is -0.385 e. The lowest BCUT2D eigenvalue weighted by Crippen LogP contribution is -2.29. The topological polar surface area (TPSA) is 32.3 Å². The number of nitrogens with one attached hydrogen (secondary N) is 1. The van der Waals surface area contributed by atoms with E-state index in [1.54, 1.807) is 0 Å². The van der Waals surface area contributed by atoms with E-state index >= 15 is 0 Å². The van der Waals surface area contributed by atoms with Crippen LogP contribution in [0.5, 0.6) is 0 Å². The standard InChI is InChI=1S/C17H29NO/c1-5-6-15-7-9-16(10-8-15)17(4,19)11-12-18-13-14(2)3/h7-10,14,18-19H,5-6,11-13H2,1-4H3. The average molecular weight is 263 g/mol. The van der Waals surface area contributed by atoms with Crippen molar-refractivity contribution in [3.8, 4) is 0 Å². The molecule has 2 nitrogen and oxygen atoms in total. The summed E-state index contributed by atoms with van der Waals surface area (Å²) >= 11 is 0. The molecule has 1 atom stereocenters. The van der Waals surface area contributed by atoms with E-state index in [-0.39, 0.29) is 0 Å². The van der Waals surface area contributed by atoms with Gasteiger partial charge >= 0.3 is 0 Å². The third-order valence-corrected chi connectivity index (χ3v) is 3.46. The molecule has 1 aromatic rings. The monoisotopic (exact) mass is 263 g/mol. The maximum Gasteiger partial charge on any atom is 0.0880 e. The van der Waals surface area contributed by atoms with Crippen molar-refractivity contribution in [3.05, 3.63) is 35.4 Å². The zero-order valence-corrected chi connectivity index (χ0v) is 12.9. The van der Waals surface area contributed by atoms with Crippen LogP contribution in [0.15, 0.2) is 24.3 Å². The smallest absolute Gasteiger partial charge is 0.0880 e. The first kappa shape index (κ1) is 16.2. The lowest BCUT2D eigenvalue weighted by molar-refractivity contribution is 0.0478. The lowest BCUT2D eigenvalue weighted by atomic mass is 9.91. The van der Waals surface area contributed by atoms with Crippen molar-refractivity contribution < 1.29 is 5.11 Å². The molecule has 0 radical (unpaired) electrons. The van der Waals surface area contributed by atoms with Crippen LogP contribution in [0.4, 0.5) is 0 Å². The van der Waals surface area contributed by atoms with Crippen LogP contribution in [0.3, 0.4) is 0 Å². The molecule has 0 aliphatic rings. The maximum atomic E-state index is 10.5. The summed E-state index contributed by atoms with van der Waals surface area (Å²) in [6.45, 7) is 10.3. The second-order valence-corrected chi connectivity index (χ2v) is 6.07. The molecular weight excluding hydrogens is 234 g/mol. The molecule has 0 aromatic heterocycles. The predicted molar refractivity (Wildman–Crippen MR) is 82.3 cm³/mol. The van der Waals surface area contributed by atoms with Crippen LogP contribution in [-0.2, 0) is 12.0 Å². The fourth-order valence-electron chi connectivity index (χ4n) is 2.19.